The smallest absolute Gasteiger partial charge is 0.254 e. The van der Waals surface area contributed by atoms with E-state index in [9.17, 15) is 4.79 Å². The third kappa shape index (κ3) is 2.98. The number of H-pyrrole nitrogens is 1. The van der Waals surface area contributed by atoms with Gasteiger partial charge in [-0.2, -0.15) is 16.4 Å². The molecule has 1 N–H and O–H groups in total. The number of rotatable bonds is 3. The lowest BCUT2D eigenvalue weighted by Crippen LogP contribution is -2.42. The number of hydrogen-bond acceptors (Lipinski definition) is 5. The number of amides is 1. The highest BCUT2D eigenvalue weighted by Gasteiger charge is 2.28. The first kappa shape index (κ1) is 14.2. The van der Waals surface area contributed by atoms with Crippen LogP contribution in [0.2, 0.25) is 0 Å². The van der Waals surface area contributed by atoms with E-state index in [1.54, 1.807) is 0 Å². The van der Waals surface area contributed by atoms with Gasteiger partial charge in [0.2, 0.25) is 0 Å². The van der Waals surface area contributed by atoms with Crippen LogP contribution in [0.3, 0.4) is 0 Å². The number of nitrogens with one attached hydrogen (secondary N) is 1. The Kier molecular flexibility index (Phi) is 4.03. The molecule has 3 heterocycles. The van der Waals surface area contributed by atoms with E-state index in [-0.39, 0.29) is 17.9 Å². The quantitative estimate of drug-likeness (QED) is 0.943. The molecule has 2 aromatic rings. The summed E-state index contributed by atoms with van der Waals surface area (Å²) in [4.78, 5) is 18.7. The third-order valence-electron chi connectivity index (χ3n) is 3.46. The van der Waals surface area contributed by atoms with Gasteiger partial charge in [0.25, 0.3) is 5.91 Å². The van der Waals surface area contributed by atoms with Crippen LogP contribution in [0.5, 0.6) is 0 Å². The van der Waals surface area contributed by atoms with Crippen LogP contribution in [-0.4, -0.2) is 45.7 Å². The van der Waals surface area contributed by atoms with Crippen molar-refractivity contribution in [2.45, 2.75) is 25.9 Å². The summed E-state index contributed by atoms with van der Waals surface area (Å²) in [6.07, 6.45) is -0.235. The molecular formula is C14H18N4O2S. The van der Waals surface area contributed by atoms with Gasteiger partial charge in [0.1, 0.15) is 6.10 Å². The van der Waals surface area contributed by atoms with Crippen LogP contribution >= 0.6 is 11.3 Å². The van der Waals surface area contributed by atoms with Gasteiger partial charge in [-0.1, -0.05) is 13.8 Å². The summed E-state index contributed by atoms with van der Waals surface area (Å²) in [7, 11) is 0. The molecule has 0 saturated carbocycles. The van der Waals surface area contributed by atoms with Crippen molar-refractivity contribution in [1.29, 1.82) is 0 Å². The normalized spacial score (nSPS) is 19.2. The zero-order chi connectivity index (χ0) is 14.8. The van der Waals surface area contributed by atoms with Crippen molar-refractivity contribution < 1.29 is 9.53 Å². The van der Waals surface area contributed by atoms with Crippen molar-refractivity contribution in [3.05, 3.63) is 34.0 Å². The molecule has 6 nitrogen and oxygen atoms in total. The molecule has 1 unspecified atom stereocenters. The van der Waals surface area contributed by atoms with Gasteiger partial charge >= 0.3 is 0 Å². The highest BCUT2D eigenvalue weighted by molar-refractivity contribution is 7.08. The third-order valence-corrected chi connectivity index (χ3v) is 4.15. The van der Waals surface area contributed by atoms with Gasteiger partial charge in [-0.15, -0.1) is 0 Å². The van der Waals surface area contributed by atoms with Crippen LogP contribution in [0, 0.1) is 0 Å². The lowest BCUT2D eigenvalue weighted by atomic mass is 10.2. The van der Waals surface area contributed by atoms with E-state index in [2.05, 4.69) is 15.2 Å². The van der Waals surface area contributed by atoms with Gasteiger partial charge in [-0.25, -0.2) is 4.98 Å². The lowest BCUT2D eigenvalue weighted by molar-refractivity contribution is -0.0266. The second-order valence-corrected chi connectivity index (χ2v) is 6.14. The molecule has 0 bridgehead atoms. The monoisotopic (exact) mass is 306 g/mol. The highest BCUT2D eigenvalue weighted by atomic mass is 32.1. The van der Waals surface area contributed by atoms with Gasteiger partial charge < -0.3 is 9.64 Å². The molecule has 1 aliphatic heterocycles. The second kappa shape index (κ2) is 5.95. The molecule has 3 rings (SSSR count). The van der Waals surface area contributed by atoms with Crippen LogP contribution in [0.15, 0.2) is 16.8 Å². The number of carbonyl (C=O) groups excluding carboxylic acids is 1. The summed E-state index contributed by atoms with van der Waals surface area (Å²) in [6, 6.07) is 1.85. The summed E-state index contributed by atoms with van der Waals surface area (Å²) >= 11 is 1.53. The van der Waals surface area contributed by atoms with E-state index < -0.39 is 0 Å². The number of aromatic nitrogens is 3. The van der Waals surface area contributed by atoms with E-state index in [4.69, 9.17) is 4.74 Å². The molecule has 21 heavy (non-hydrogen) atoms. The van der Waals surface area contributed by atoms with E-state index in [0.717, 1.165) is 11.4 Å². The maximum atomic E-state index is 12.4. The van der Waals surface area contributed by atoms with Crippen LogP contribution in [0.4, 0.5) is 0 Å². The SMILES string of the molecule is CC(C)c1n[nH]c(C2CN(C(=O)c3ccsc3)CCO2)n1. The number of nitrogens with zero attached hydrogens (tertiary/aromatic N) is 3. The fraction of sp³-hybridized carbons (Fsp3) is 0.500. The van der Waals surface area contributed by atoms with Gasteiger partial charge in [0.15, 0.2) is 11.6 Å². The average Bonchev–Trinajstić information content (AvgIpc) is 3.18. The summed E-state index contributed by atoms with van der Waals surface area (Å²) in [5, 5.41) is 10.9. The number of aromatic amines is 1. The van der Waals surface area contributed by atoms with Crippen LogP contribution in [-0.2, 0) is 4.74 Å². The molecule has 1 atom stereocenters. The predicted octanol–water partition coefficient (Wildman–Crippen LogP) is 2.20. The van der Waals surface area contributed by atoms with Crippen molar-refractivity contribution in [2.75, 3.05) is 19.7 Å². The Labute approximate surface area is 127 Å². The molecule has 1 fully saturated rings. The van der Waals surface area contributed by atoms with E-state index in [0.29, 0.717) is 25.5 Å². The zero-order valence-electron chi connectivity index (χ0n) is 12.1. The summed E-state index contributed by atoms with van der Waals surface area (Å²) in [5.74, 6) is 1.78. The Hall–Kier alpha value is -1.73. The molecule has 0 aliphatic carbocycles. The van der Waals surface area contributed by atoms with Crippen molar-refractivity contribution in [3.8, 4) is 0 Å². The van der Waals surface area contributed by atoms with Crippen molar-refractivity contribution in [3.63, 3.8) is 0 Å². The topological polar surface area (TPSA) is 71.1 Å². The van der Waals surface area contributed by atoms with E-state index >= 15 is 0 Å². The molecule has 2 aromatic heterocycles. The largest absolute Gasteiger partial charge is 0.367 e. The fourth-order valence-electron chi connectivity index (χ4n) is 2.26. The van der Waals surface area contributed by atoms with Crippen molar-refractivity contribution >= 4 is 17.2 Å². The van der Waals surface area contributed by atoms with Crippen molar-refractivity contribution in [1.82, 2.24) is 20.1 Å². The zero-order valence-corrected chi connectivity index (χ0v) is 12.9. The van der Waals surface area contributed by atoms with Gasteiger partial charge in [-0.05, 0) is 11.4 Å². The van der Waals surface area contributed by atoms with Gasteiger partial charge in [-0.3, -0.25) is 9.89 Å². The first-order valence-corrected chi connectivity index (χ1v) is 7.94. The Morgan fingerprint density at radius 1 is 1.57 bits per heavy atom. The summed E-state index contributed by atoms with van der Waals surface area (Å²) in [6.45, 7) is 5.71. The van der Waals surface area contributed by atoms with E-state index in [1.807, 2.05) is 35.6 Å². The van der Waals surface area contributed by atoms with Crippen LogP contribution in [0.25, 0.3) is 0 Å². The Balaban J connectivity index is 1.72. The second-order valence-electron chi connectivity index (χ2n) is 5.36. The molecule has 7 heteroatoms. The number of ether oxygens (including phenoxy) is 1. The summed E-state index contributed by atoms with van der Waals surface area (Å²) < 4.78 is 5.73. The Morgan fingerprint density at radius 2 is 2.43 bits per heavy atom. The molecule has 112 valence electrons. The average molecular weight is 306 g/mol. The molecule has 0 aromatic carbocycles. The fourth-order valence-corrected chi connectivity index (χ4v) is 2.89. The standard InChI is InChI=1S/C14H18N4O2S/c1-9(2)12-15-13(17-16-12)11-7-18(4-5-20-11)14(19)10-3-6-21-8-10/h3,6,8-9,11H,4-5,7H2,1-2H3,(H,15,16,17). The maximum absolute atomic E-state index is 12.4. The predicted molar refractivity (Wildman–Crippen MR) is 79.4 cm³/mol. The number of thiophene rings is 1. The van der Waals surface area contributed by atoms with Crippen LogP contribution < -0.4 is 0 Å². The van der Waals surface area contributed by atoms with E-state index in [1.165, 1.54) is 11.3 Å². The highest BCUT2D eigenvalue weighted by Crippen LogP contribution is 2.22. The van der Waals surface area contributed by atoms with Crippen LogP contribution in [0.1, 0.15) is 47.9 Å². The Morgan fingerprint density at radius 3 is 3.10 bits per heavy atom. The molecule has 0 spiro atoms. The minimum Gasteiger partial charge on any atom is -0.367 e. The molecule has 1 aliphatic rings. The molecule has 1 saturated heterocycles. The van der Waals surface area contributed by atoms with Gasteiger partial charge in [0.05, 0.1) is 18.7 Å². The minimum atomic E-state index is -0.235. The van der Waals surface area contributed by atoms with Crippen molar-refractivity contribution in [2.24, 2.45) is 0 Å². The van der Waals surface area contributed by atoms with Gasteiger partial charge in [0, 0.05) is 17.8 Å². The molecule has 1 amide bonds. The Bertz CT molecular complexity index is 608. The number of morpholine rings is 1. The lowest BCUT2D eigenvalue weighted by Gasteiger charge is -2.31. The number of carbonyl (C=O) groups is 1. The number of hydrogen-bond donors (Lipinski definition) is 1. The first-order valence-electron chi connectivity index (χ1n) is 7.00. The summed E-state index contributed by atoms with van der Waals surface area (Å²) in [5.41, 5.74) is 0.737. The maximum Gasteiger partial charge on any atom is 0.254 e. The minimum absolute atomic E-state index is 0.0492. The molecule has 0 radical (unpaired) electrons. The first-order chi connectivity index (χ1) is 10.1. The molecular weight excluding hydrogens is 288 g/mol.